The number of pyridine rings is 1. The number of benzene rings is 1. The lowest BCUT2D eigenvalue weighted by Gasteiger charge is -2.25. The molecule has 0 unspecified atom stereocenters. The van der Waals surface area contributed by atoms with E-state index < -0.39 is 0 Å². The topological polar surface area (TPSA) is 60.2 Å². The Kier molecular flexibility index (Phi) is 3.36. The standard InChI is InChI=1S/C16H15N3O/c17-10-13-7-4-8-16(18-13)19-11-14(20)9-15(19)12-5-2-1-3-6-12/h1-8,14-15,20H,9,11H2/t14-,15+/m0/s1. The van der Waals surface area contributed by atoms with Gasteiger partial charge in [0.25, 0.3) is 0 Å². The van der Waals surface area contributed by atoms with Crippen LogP contribution in [0.2, 0.25) is 0 Å². The summed E-state index contributed by atoms with van der Waals surface area (Å²) in [6.45, 7) is 0.543. The van der Waals surface area contributed by atoms with E-state index in [1.165, 1.54) is 0 Å². The summed E-state index contributed by atoms with van der Waals surface area (Å²) < 4.78 is 0. The fourth-order valence-corrected chi connectivity index (χ4v) is 2.70. The van der Waals surface area contributed by atoms with Crippen LogP contribution < -0.4 is 4.90 Å². The first-order chi connectivity index (χ1) is 9.78. The molecule has 4 heteroatoms. The molecule has 1 N–H and O–H groups in total. The van der Waals surface area contributed by atoms with Crippen LogP contribution >= 0.6 is 0 Å². The lowest BCUT2D eigenvalue weighted by molar-refractivity contribution is 0.194. The summed E-state index contributed by atoms with van der Waals surface area (Å²) in [6.07, 6.45) is 0.315. The number of nitriles is 1. The SMILES string of the molecule is N#Cc1cccc(N2C[C@@H](O)C[C@@H]2c2ccccc2)n1. The van der Waals surface area contributed by atoms with E-state index in [0.717, 1.165) is 11.4 Å². The second kappa shape index (κ2) is 5.32. The molecule has 100 valence electrons. The number of aliphatic hydroxyl groups is 1. The van der Waals surface area contributed by atoms with Gasteiger partial charge < -0.3 is 10.0 Å². The van der Waals surface area contributed by atoms with E-state index in [-0.39, 0.29) is 12.1 Å². The Balaban J connectivity index is 1.96. The molecule has 2 heterocycles. The molecule has 0 spiro atoms. The van der Waals surface area contributed by atoms with Gasteiger partial charge in [0.1, 0.15) is 17.6 Å². The van der Waals surface area contributed by atoms with Crippen LogP contribution in [-0.2, 0) is 0 Å². The third kappa shape index (κ3) is 2.36. The molecule has 0 radical (unpaired) electrons. The Labute approximate surface area is 117 Å². The first kappa shape index (κ1) is 12.6. The minimum absolute atomic E-state index is 0.104. The van der Waals surface area contributed by atoms with Crippen LogP contribution in [0.25, 0.3) is 0 Å². The zero-order valence-electron chi connectivity index (χ0n) is 11.0. The van der Waals surface area contributed by atoms with Gasteiger partial charge >= 0.3 is 0 Å². The molecule has 3 rings (SSSR count). The second-order valence-electron chi connectivity index (χ2n) is 4.96. The molecule has 20 heavy (non-hydrogen) atoms. The van der Waals surface area contributed by atoms with Gasteiger partial charge in [-0.15, -0.1) is 0 Å². The van der Waals surface area contributed by atoms with Crippen molar-refractivity contribution < 1.29 is 5.11 Å². The number of hydrogen-bond donors (Lipinski definition) is 1. The van der Waals surface area contributed by atoms with Crippen molar-refractivity contribution in [1.29, 1.82) is 5.26 Å². The molecule has 0 aliphatic carbocycles. The van der Waals surface area contributed by atoms with Crippen molar-refractivity contribution in [3.8, 4) is 6.07 Å². The Morgan fingerprint density at radius 3 is 2.70 bits per heavy atom. The summed E-state index contributed by atoms with van der Waals surface area (Å²) >= 11 is 0. The van der Waals surface area contributed by atoms with Crippen LogP contribution in [0.1, 0.15) is 23.7 Å². The van der Waals surface area contributed by atoms with Crippen molar-refractivity contribution in [2.24, 2.45) is 0 Å². The normalized spacial score (nSPS) is 21.7. The lowest BCUT2D eigenvalue weighted by atomic mass is 10.0. The van der Waals surface area contributed by atoms with Crippen molar-refractivity contribution >= 4 is 5.82 Å². The van der Waals surface area contributed by atoms with Crippen LogP contribution in [0.5, 0.6) is 0 Å². The highest BCUT2D eigenvalue weighted by atomic mass is 16.3. The molecular weight excluding hydrogens is 250 g/mol. The minimum atomic E-state index is -0.368. The molecule has 1 fully saturated rings. The molecule has 1 aliphatic rings. The van der Waals surface area contributed by atoms with Gasteiger partial charge in [-0.2, -0.15) is 5.26 Å². The van der Waals surface area contributed by atoms with E-state index in [9.17, 15) is 5.11 Å². The van der Waals surface area contributed by atoms with Gasteiger partial charge in [0.15, 0.2) is 0 Å². The van der Waals surface area contributed by atoms with Gasteiger partial charge in [0.2, 0.25) is 0 Å². The fraction of sp³-hybridized carbons (Fsp3) is 0.250. The minimum Gasteiger partial charge on any atom is -0.391 e. The third-order valence-corrected chi connectivity index (χ3v) is 3.61. The molecule has 1 aromatic heterocycles. The van der Waals surface area contributed by atoms with Crippen LogP contribution in [0, 0.1) is 11.3 Å². The Morgan fingerprint density at radius 2 is 1.95 bits per heavy atom. The number of hydrogen-bond acceptors (Lipinski definition) is 4. The largest absolute Gasteiger partial charge is 0.391 e. The summed E-state index contributed by atoms with van der Waals surface area (Å²) in [4.78, 5) is 6.41. The molecule has 1 aromatic carbocycles. The van der Waals surface area contributed by atoms with Gasteiger partial charge in [-0.1, -0.05) is 36.4 Å². The van der Waals surface area contributed by atoms with E-state index in [2.05, 4.69) is 28.1 Å². The molecule has 0 saturated carbocycles. The van der Waals surface area contributed by atoms with Crippen molar-refractivity contribution in [3.05, 3.63) is 59.8 Å². The van der Waals surface area contributed by atoms with Gasteiger partial charge in [0, 0.05) is 6.54 Å². The molecule has 1 aliphatic heterocycles. The van der Waals surface area contributed by atoms with Crippen molar-refractivity contribution in [2.45, 2.75) is 18.6 Å². The van der Waals surface area contributed by atoms with Crippen molar-refractivity contribution in [3.63, 3.8) is 0 Å². The van der Waals surface area contributed by atoms with Crippen LogP contribution in [-0.4, -0.2) is 22.7 Å². The predicted molar refractivity (Wildman–Crippen MR) is 76.1 cm³/mol. The number of aliphatic hydroxyl groups excluding tert-OH is 1. The van der Waals surface area contributed by atoms with E-state index >= 15 is 0 Å². The number of aromatic nitrogens is 1. The highest BCUT2D eigenvalue weighted by molar-refractivity contribution is 5.46. The smallest absolute Gasteiger partial charge is 0.142 e. The Morgan fingerprint density at radius 1 is 1.15 bits per heavy atom. The summed E-state index contributed by atoms with van der Waals surface area (Å²) in [5, 5.41) is 18.9. The molecular formula is C16H15N3O. The lowest BCUT2D eigenvalue weighted by Crippen LogP contribution is -2.25. The van der Waals surface area contributed by atoms with E-state index in [0.29, 0.717) is 18.7 Å². The number of β-amino-alcohol motifs (C(OH)–C–C–N with tert-alkyl or cyclic N) is 1. The highest BCUT2D eigenvalue weighted by Crippen LogP contribution is 2.35. The van der Waals surface area contributed by atoms with Gasteiger partial charge in [-0.25, -0.2) is 4.98 Å². The van der Waals surface area contributed by atoms with E-state index in [1.807, 2.05) is 30.3 Å². The second-order valence-corrected chi connectivity index (χ2v) is 4.96. The average molecular weight is 265 g/mol. The van der Waals surface area contributed by atoms with Gasteiger partial charge in [-0.05, 0) is 24.1 Å². The maximum absolute atomic E-state index is 9.98. The fourth-order valence-electron chi connectivity index (χ4n) is 2.70. The van der Waals surface area contributed by atoms with E-state index in [1.54, 1.807) is 6.07 Å². The highest BCUT2D eigenvalue weighted by Gasteiger charge is 2.32. The monoisotopic (exact) mass is 265 g/mol. The quantitative estimate of drug-likeness (QED) is 0.904. The number of nitrogens with zero attached hydrogens (tertiary/aromatic N) is 3. The molecule has 1 saturated heterocycles. The Hall–Kier alpha value is -2.38. The van der Waals surface area contributed by atoms with Crippen LogP contribution in [0.15, 0.2) is 48.5 Å². The summed E-state index contributed by atoms with van der Waals surface area (Å²) in [6, 6.07) is 17.7. The number of anilines is 1. The van der Waals surface area contributed by atoms with Crippen LogP contribution in [0.4, 0.5) is 5.82 Å². The summed E-state index contributed by atoms with van der Waals surface area (Å²) in [5.74, 6) is 0.745. The molecule has 2 atom stereocenters. The molecule has 2 aromatic rings. The first-order valence-electron chi connectivity index (χ1n) is 6.65. The molecule has 0 amide bonds. The van der Waals surface area contributed by atoms with Crippen LogP contribution in [0.3, 0.4) is 0 Å². The van der Waals surface area contributed by atoms with E-state index in [4.69, 9.17) is 5.26 Å². The maximum Gasteiger partial charge on any atom is 0.142 e. The van der Waals surface area contributed by atoms with Gasteiger partial charge in [0.05, 0.1) is 12.1 Å². The summed E-state index contributed by atoms with van der Waals surface area (Å²) in [7, 11) is 0. The molecule has 0 bridgehead atoms. The van der Waals surface area contributed by atoms with Crippen molar-refractivity contribution in [2.75, 3.05) is 11.4 Å². The first-order valence-corrected chi connectivity index (χ1v) is 6.65. The predicted octanol–water partition coefficient (Wildman–Crippen LogP) is 2.27. The van der Waals surface area contributed by atoms with Crippen molar-refractivity contribution in [1.82, 2.24) is 4.98 Å². The molecule has 4 nitrogen and oxygen atoms in total. The number of rotatable bonds is 2. The zero-order valence-corrected chi connectivity index (χ0v) is 11.0. The Bertz CT molecular complexity index is 636. The third-order valence-electron chi connectivity index (χ3n) is 3.61. The van der Waals surface area contributed by atoms with Gasteiger partial charge in [-0.3, -0.25) is 0 Å². The summed E-state index contributed by atoms with van der Waals surface area (Å²) in [5.41, 5.74) is 1.56. The maximum atomic E-state index is 9.98. The zero-order chi connectivity index (χ0) is 13.9. The average Bonchev–Trinajstić information content (AvgIpc) is 2.90.